The van der Waals surface area contributed by atoms with E-state index in [1.807, 2.05) is 6.92 Å². The molecule has 0 radical (unpaired) electrons. The molecular weight excluding hydrogens is 148 g/mol. The van der Waals surface area contributed by atoms with Gasteiger partial charge in [-0.15, -0.1) is 0 Å². The topological polar surface area (TPSA) is 51.7 Å². The molecule has 0 aliphatic carbocycles. The van der Waals surface area contributed by atoms with E-state index in [0.29, 0.717) is 5.16 Å². The molecule has 0 aliphatic rings. The Morgan fingerprint density at radius 1 is 1.80 bits per heavy atom. The number of hydrogen-bond donors (Lipinski definition) is 1. The van der Waals surface area contributed by atoms with E-state index in [4.69, 9.17) is 0 Å². The van der Waals surface area contributed by atoms with Crippen LogP contribution in [0.2, 0.25) is 0 Å². The van der Waals surface area contributed by atoms with Crippen molar-refractivity contribution in [1.82, 2.24) is 9.97 Å². The summed E-state index contributed by atoms with van der Waals surface area (Å²) < 4.78 is 10.8. The zero-order valence-electron chi connectivity index (χ0n) is 6.05. The summed E-state index contributed by atoms with van der Waals surface area (Å²) in [6, 6.07) is 0. The van der Waals surface area contributed by atoms with Gasteiger partial charge in [0.1, 0.15) is 6.26 Å². The summed E-state index contributed by atoms with van der Waals surface area (Å²) in [5.74, 6) is 0. The van der Waals surface area contributed by atoms with Crippen LogP contribution in [-0.2, 0) is 17.6 Å². The second-order valence-electron chi connectivity index (χ2n) is 2.00. The van der Waals surface area contributed by atoms with Gasteiger partial charge in [0.2, 0.25) is 0 Å². The van der Waals surface area contributed by atoms with Crippen LogP contribution in [0.25, 0.3) is 0 Å². The largest absolute Gasteiger partial charge is 0.609 e. The highest BCUT2D eigenvalue weighted by molar-refractivity contribution is 7.90. The van der Waals surface area contributed by atoms with Gasteiger partial charge in [-0.2, -0.15) is 4.98 Å². The molecule has 0 spiro atoms. The lowest BCUT2D eigenvalue weighted by atomic mass is 10.4. The first kappa shape index (κ1) is 7.63. The molecule has 1 unspecified atom stereocenters. The molecule has 0 saturated heterocycles. The van der Waals surface area contributed by atoms with E-state index < -0.39 is 11.2 Å². The first-order valence-electron chi connectivity index (χ1n) is 3.11. The number of imidazole rings is 1. The maximum atomic E-state index is 10.8. The van der Waals surface area contributed by atoms with Gasteiger partial charge in [0.05, 0.1) is 5.69 Å². The zero-order chi connectivity index (χ0) is 7.56. The number of H-pyrrole nitrogens is 1. The molecule has 0 bridgehead atoms. The predicted octanol–water partition coefficient (Wildman–Crippen LogP) is 0.710. The Balaban J connectivity index is 2.78. The summed E-state index contributed by atoms with van der Waals surface area (Å²) in [5, 5.41) is 0.567. The van der Waals surface area contributed by atoms with E-state index in [1.54, 1.807) is 12.5 Å². The molecule has 10 heavy (non-hydrogen) atoms. The van der Waals surface area contributed by atoms with E-state index in [2.05, 4.69) is 9.97 Å². The number of aryl methyl sites for hydroxylation is 1. The van der Waals surface area contributed by atoms with Crippen molar-refractivity contribution >= 4 is 11.2 Å². The number of aromatic nitrogens is 2. The molecule has 1 N–H and O–H groups in total. The minimum Gasteiger partial charge on any atom is -0.609 e. The Kier molecular flexibility index (Phi) is 2.34. The Hall–Kier alpha value is -0.480. The third-order valence-corrected chi connectivity index (χ3v) is 2.00. The van der Waals surface area contributed by atoms with Crippen LogP contribution < -0.4 is 0 Å². The summed E-state index contributed by atoms with van der Waals surface area (Å²) in [7, 11) is 0. The molecule has 4 heteroatoms. The fourth-order valence-corrected chi connectivity index (χ4v) is 1.14. The van der Waals surface area contributed by atoms with E-state index in [1.165, 1.54) is 0 Å². The van der Waals surface area contributed by atoms with Crippen molar-refractivity contribution in [3.8, 4) is 0 Å². The van der Waals surface area contributed by atoms with Crippen LogP contribution in [0.1, 0.15) is 12.6 Å². The molecule has 1 aromatic rings. The van der Waals surface area contributed by atoms with Gasteiger partial charge in [0, 0.05) is 17.4 Å². The smallest absolute Gasteiger partial charge is 0.320 e. The van der Waals surface area contributed by atoms with Crippen LogP contribution in [0.15, 0.2) is 11.4 Å². The van der Waals surface area contributed by atoms with Gasteiger partial charge in [-0.1, -0.05) is 6.92 Å². The molecular formula is C6H10N2OS. The van der Waals surface area contributed by atoms with Gasteiger partial charge in [-0.3, -0.25) is 0 Å². The Labute approximate surface area is 63.0 Å². The van der Waals surface area contributed by atoms with Crippen molar-refractivity contribution in [3.63, 3.8) is 0 Å². The molecule has 0 fully saturated rings. The van der Waals surface area contributed by atoms with Crippen LogP contribution in [0.4, 0.5) is 0 Å². The number of nitrogens with one attached hydrogen (secondary N) is 1. The minimum absolute atomic E-state index is 0.567. The summed E-state index contributed by atoms with van der Waals surface area (Å²) in [5.41, 5.74) is 0.963. The Morgan fingerprint density at radius 2 is 2.50 bits per heavy atom. The number of hydrogen-bond acceptors (Lipinski definition) is 2. The maximum Gasteiger partial charge on any atom is 0.320 e. The van der Waals surface area contributed by atoms with E-state index in [0.717, 1.165) is 12.1 Å². The third kappa shape index (κ3) is 1.52. The standard InChI is InChI=1S/C6H10N2OS/c1-3-5-4-7-6(8-5)10(2)9/h4H,3H2,1-2H3,(H,7,8). The summed E-state index contributed by atoms with van der Waals surface area (Å²) in [6.45, 7) is 2.01. The second kappa shape index (κ2) is 3.07. The zero-order valence-corrected chi connectivity index (χ0v) is 6.86. The van der Waals surface area contributed by atoms with Crippen molar-refractivity contribution in [1.29, 1.82) is 0 Å². The van der Waals surface area contributed by atoms with Crippen LogP contribution in [0.3, 0.4) is 0 Å². The highest BCUT2D eigenvalue weighted by atomic mass is 32.2. The van der Waals surface area contributed by atoms with Crippen LogP contribution in [-0.4, -0.2) is 20.8 Å². The fourth-order valence-electron chi connectivity index (χ4n) is 0.668. The van der Waals surface area contributed by atoms with Crippen molar-refractivity contribution in [2.24, 2.45) is 0 Å². The molecule has 0 aliphatic heterocycles. The Morgan fingerprint density at radius 3 is 2.80 bits per heavy atom. The highest BCUT2D eigenvalue weighted by Crippen LogP contribution is 2.03. The SMILES string of the molecule is CCc1c[nH]c([S+](C)[O-])n1. The first-order chi connectivity index (χ1) is 4.74. The molecule has 1 aromatic heterocycles. The second-order valence-corrected chi connectivity index (χ2v) is 3.30. The van der Waals surface area contributed by atoms with Crippen molar-refractivity contribution in [3.05, 3.63) is 11.9 Å². The number of rotatable bonds is 2. The lowest BCUT2D eigenvalue weighted by Gasteiger charge is -1.95. The molecule has 1 atom stereocenters. The van der Waals surface area contributed by atoms with Gasteiger partial charge in [-0.25, -0.2) is 0 Å². The fraction of sp³-hybridized carbons (Fsp3) is 0.500. The van der Waals surface area contributed by atoms with Crippen molar-refractivity contribution in [2.45, 2.75) is 18.5 Å². The normalized spacial score (nSPS) is 13.5. The molecule has 1 heterocycles. The molecule has 1 rings (SSSR count). The molecule has 56 valence electrons. The average molecular weight is 158 g/mol. The predicted molar refractivity (Wildman–Crippen MR) is 40.3 cm³/mol. The van der Waals surface area contributed by atoms with Gasteiger partial charge in [0.25, 0.3) is 0 Å². The van der Waals surface area contributed by atoms with Crippen molar-refractivity contribution < 1.29 is 4.55 Å². The number of aromatic amines is 1. The van der Waals surface area contributed by atoms with E-state index >= 15 is 0 Å². The first-order valence-corrected chi connectivity index (χ1v) is 4.67. The summed E-state index contributed by atoms with van der Waals surface area (Å²) in [6.07, 6.45) is 4.28. The van der Waals surface area contributed by atoms with Crippen LogP contribution in [0.5, 0.6) is 0 Å². The average Bonchev–Trinajstić information content (AvgIpc) is 2.34. The van der Waals surface area contributed by atoms with Crippen LogP contribution in [0, 0.1) is 0 Å². The monoisotopic (exact) mass is 158 g/mol. The van der Waals surface area contributed by atoms with Gasteiger partial charge in [0.15, 0.2) is 0 Å². The molecule has 0 amide bonds. The number of nitrogens with zero attached hydrogens (tertiary/aromatic N) is 1. The van der Waals surface area contributed by atoms with E-state index in [-0.39, 0.29) is 0 Å². The summed E-state index contributed by atoms with van der Waals surface area (Å²) in [4.78, 5) is 6.92. The van der Waals surface area contributed by atoms with Gasteiger partial charge >= 0.3 is 5.16 Å². The quantitative estimate of drug-likeness (QED) is 0.644. The minimum atomic E-state index is -0.976. The molecule has 0 saturated carbocycles. The molecule has 3 nitrogen and oxygen atoms in total. The summed E-state index contributed by atoms with van der Waals surface area (Å²) >= 11 is -0.976. The highest BCUT2D eigenvalue weighted by Gasteiger charge is 2.07. The Bertz CT molecular complexity index is 209. The van der Waals surface area contributed by atoms with Gasteiger partial charge in [-0.05, 0) is 6.42 Å². The lowest BCUT2D eigenvalue weighted by molar-refractivity contribution is 0.593. The van der Waals surface area contributed by atoms with Crippen molar-refractivity contribution in [2.75, 3.05) is 6.26 Å². The lowest BCUT2D eigenvalue weighted by Crippen LogP contribution is -1.99. The van der Waals surface area contributed by atoms with Crippen LogP contribution >= 0.6 is 0 Å². The van der Waals surface area contributed by atoms with Gasteiger partial charge < -0.3 is 9.54 Å². The maximum absolute atomic E-state index is 10.8. The molecule has 0 aromatic carbocycles. The third-order valence-electron chi connectivity index (χ3n) is 1.24. The van der Waals surface area contributed by atoms with E-state index in [9.17, 15) is 4.55 Å².